The predicted octanol–water partition coefficient (Wildman–Crippen LogP) is 3.75. The molecule has 3 aromatic rings. The summed E-state index contributed by atoms with van der Waals surface area (Å²) in [6.07, 6.45) is 1.13. The Morgan fingerprint density at radius 1 is 1.14 bits per heavy atom. The minimum atomic E-state index is -0.368. The van der Waals surface area contributed by atoms with E-state index in [1.54, 1.807) is 11.8 Å². The fourth-order valence-corrected chi connectivity index (χ4v) is 4.28. The molecule has 0 amide bonds. The van der Waals surface area contributed by atoms with Crippen LogP contribution in [0.25, 0.3) is 0 Å². The zero-order valence-corrected chi connectivity index (χ0v) is 16.4. The van der Waals surface area contributed by atoms with Crippen LogP contribution in [0.3, 0.4) is 0 Å². The van der Waals surface area contributed by atoms with Gasteiger partial charge in [0.2, 0.25) is 5.95 Å². The number of Topliss-reactive ketones (excluding diaryl/α,β-unsaturated/α-hetero) is 1. The summed E-state index contributed by atoms with van der Waals surface area (Å²) in [5, 5.41) is 15.9. The van der Waals surface area contributed by atoms with E-state index < -0.39 is 0 Å². The van der Waals surface area contributed by atoms with E-state index in [0.717, 1.165) is 22.6 Å². The molecule has 146 valence electrons. The van der Waals surface area contributed by atoms with Crippen molar-refractivity contribution in [1.82, 2.24) is 20.2 Å². The SMILES string of the molecule is COc1cccc([C@H]2CC(=O)C3=C(C2)Nc2nnnn2[C@H]3c2ccc(Cl)cc2)c1. The first-order valence-electron chi connectivity index (χ1n) is 9.34. The molecule has 8 heteroatoms. The summed E-state index contributed by atoms with van der Waals surface area (Å²) in [5.41, 5.74) is 3.59. The van der Waals surface area contributed by atoms with Gasteiger partial charge in [-0.25, -0.2) is 0 Å². The molecule has 5 rings (SSSR count). The Labute approximate surface area is 172 Å². The molecule has 1 aliphatic heterocycles. The van der Waals surface area contributed by atoms with Crippen molar-refractivity contribution in [3.05, 3.63) is 76.0 Å². The molecule has 0 saturated heterocycles. The third-order valence-electron chi connectivity index (χ3n) is 5.53. The maximum Gasteiger partial charge on any atom is 0.248 e. The van der Waals surface area contributed by atoms with Gasteiger partial charge in [-0.15, -0.1) is 0 Å². The summed E-state index contributed by atoms with van der Waals surface area (Å²) in [5.74, 6) is 1.47. The lowest BCUT2D eigenvalue weighted by Crippen LogP contribution is -2.33. The van der Waals surface area contributed by atoms with Crippen LogP contribution in [-0.4, -0.2) is 33.1 Å². The molecule has 0 spiro atoms. The van der Waals surface area contributed by atoms with Gasteiger partial charge in [0.1, 0.15) is 11.8 Å². The number of nitrogens with one attached hydrogen (secondary N) is 1. The highest BCUT2D eigenvalue weighted by atomic mass is 35.5. The second-order valence-corrected chi connectivity index (χ2v) is 7.66. The Bertz CT molecular complexity index is 1120. The number of benzene rings is 2. The first-order valence-corrected chi connectivity index (χ1v) is 9.72. The van der Waals surface area contributed by atoms with E-state index in [1.165, 1.54) is 0 Å². The van der Waals surface area contributed by atoms with Crippen LogP contribution in [0.4, 0.5) is 5.95 Å². The lowest BCUT2D eigenvalue weighted by molar-refractivity contribution is -0.116. The predicted molar refractivity (Wildman–Crippen MR) is 108 cm³/mol. The third kappa shape index (κ3) is 3.07. The molecule has 1 N–H and O–H groups in total. The summed E-state index contributed by atoms with van der Waals surface area (Å²) >= 11 is 6.06. The molecule has 0 fully saturated rings. The molecule has 2 atom stereocenters. The van der Waals surface area contributed by atoms with Gasteiger partial charge in [0.15, 0.2) is 5.78 Å². The highest BCUT2D eigenvalue weighted by Crippen LogP contribution is 2.44. The number of halogens is 1. The normalized spacial score (nSPS) is 20.7. The van der Waals surface area contributed by atoms with Gasteiger partial charge in [-0.1, -0.05) is 41.0 Å². The second kappa shape index (κ2) is 7.00. The van der Waals surface area contributed by atoms with Crippen molar-refractivity contribution in [3.63, 3.8) is 0 Å². The highest BCUT2D eigenvalue weighted by Gasteiger charge is 2.39. The number of nitrogens with zero attached hydrogens (tertiary/aromatic N) is 4. The second-order valence-electron chi connectivity index (χ2n) is 7.22. The quantitative estimate of drug-likeness (QED) is 0.712. The van der Waals surface area contributed by atoms with Gasteiger partial charge in [-0.2, -0.15) is 4.68 Å². The monoisotopic (exact) mass is 407 g/mol. The van der Waals surface area contributed by atoms with Crippen molar-refractivity contribution in [2.24, 2.45) is 0 Å². The number of anilines is 1. The number of carbonyl (C=O) groups excluding carboxylic acids is 1. The summed E-state index contributed by atoms with van der Waals surface area (Å²) in [6, 6.07) is 15.0. The van der Waals surface area contributed by atoms with E-state index in [0.29, 0.717) is 29.4 Å². The molecule has 2 aliphatic rings. The number of carbonyl (C=O) groups is 1. The summed E-state index contributed by atoms with van der Waals surface area (Å²) in [4.78, 5) is 13.3. The number of rotatable bonds is 3. The number of ether oxygens (including phenoxy) is 1. The number of hydrogen-bond acceptors (Lipinski definition) is 6. The maximum absolute atomic E-state index is 13.3. The average Bonchev–Trinajstić information content (AvgIpc) is 3.21. The molecule has 0 saturated carbocycles. The van der Waals surface area contributed by atoms with Crippen LogP contribution in [0.15, 0.2) is 59.8 Å². The number of hydrogen-bond donors (Lipinski definition) is 1. The Morgan fingerprint density at radius 3 is 2.76 bits per heavy atom. The molecule has 7 nitrogen and oxygen atoms in total. The zero-order chi connectivity index (χ0) is 20.0. The Morgan fingerprint density at radius 2 is 1.97 bits per heavy atom. The van der Waals surface area contributed by atoms with E-state index in [9.17, 15) is 4.79 Å². The van der Waals surface area contributed by atoms with Crippen molar-refractivity contribution in [2.45, 2.75) is 24.8 Å². The number of fused-ring (bicyclic) bond motifs is 1. The third-order valence-corrected chi connectivity index (χ3v) is 5.78. The van der Waals surface area contributed by atoms with E-state index >= 15 is 0 Å². The number of allylic oxidation sites excluding steroid dienone is 2. The van der Waals surface area contributed by atoms with Crippen molar-refractivity contribution in [2.75, 3.05) is 12.4 Å². The van der Waals surface area contributed by atoms with E-state index in [-0.39, 0.29) is 17.7 Å². The van der Waals surface area contributed by atoms with Crippen LogP contribution < -0.4 is 10.1 Å². The van der Waals surface area contributed by atoms with Gasteiger partial charge in [0.25, 0.3) is 0 Å². The first-order chi connectivity index (χ1) is 14.1. The van der Waals surface area contributed by atoms with Gasteiger partial charge >= 0.3 is 0 Å². The molecular formula is C21H18ClN5O2. The van der Waals surface area contributed by atoms with Crippen LogP contribution in [0, 0.1) is 0 Å². The van der Waals surface area contributed by atoms with Gasteiger partial charge in [0.05, 0.1) is 7.11 Å². The molecule has 0 radical (unpaired) electrons. The van der Waals surface area contributed by atoms with E-state index in [4.69, 9.17) is 16.3 Å². The van der Waals surface area contributed by atoms with Gasteiger partial charge in [-0.05, 0) is 58.2 Å². The molecule has 0 unspecified atom stereocenters. The van der Waals surface area contributed by atoms with Crippen molar-refractivity contribution < 1.29 is 9.53 Å². The summed E-state index contributed by atoms with van der Waals surface area (Å²) in [7, 11) is 1.64. The van der Waals surface area contributed by atoms with Crippen LogP contribution in [0.1, 0.15) is 35.9 Å². The van der Waals surface area contributed by atoms with Crippen LogP contribution in [0.2, 0.25) is 5.02 Å². The fraction of sp³-hybridized carbons (Fsp3) is 0.238. The molecule has 1 aliphatic carbocycles. The Balaban J connectivity index is 1.57. The van der Waals surface area contributed by atoms with Crippen LogP contribution in [-0.2, 0) is 4.79 Å². The number of methoxy groups -OCH3 is 1. The Kier molecular flexibility index (Phi) is 4.32. The first kappa shape index (κ1) is 17.9. The molecule has 0 bridgehead atoms. The zero-order valence-electron chi connectivity index (χ0n) is 15.7. The molecule has 29 heavy (non-hydrogen) atoms. The number of tetrazole rings is 1. The summed E-state index contributed by atoms with van der Waals surface area (Å²) in [6.45, 7) is 0. The minimum Gasteiger partial charge on any atom is -0.497 e. The molecule has 2 heterocycles. The molecule has 1 aromatic heterocycles. The van der Waals surface area contributed by atoms with Gasteiger partial charge in [0, 0.05) is 22.7 Å². The number of aromatic nitrogens is 4. The van der Waals surface area contributed by atoms with Crippen molar-refractivity contribution >= 4 is 23.3 Å². The average molecular weight is 408 g/mol. The van der Waals surface area contributed by atoms with E-state index in [2.05, 4.69) is 20.8 Å². The fourth-order valence-electron chi connectivity index (χ4n) is 4.16. The van der Waals surface area contributed by atoms with Crippen molar-refractivity contribution in [3.8, 4) is 5.75 Å². The smallest absolute Gasteiger partial charge is 0.248 e. The molecule has 2 aromatic carbocycles. The van der Waals surface area contributed by atoms with Gasteiger partial charge < -0.3 is 10.1 Å². The van der Waals surface area contributed by atoms with Crippen LogP contribution in [0.5, 0.6) is 5.75 Å². The topological polar surface area (TPSA) is 81.9 Å². The lowest BCUT2D eigenvalue weighted by atomic mass is 9.78. The van der Waals surface area contributed by atoms with Gasteiger partial charge in [-0.3, -0.25) is 4.79 Å². The maximum atomic E-state index is 13.3. The molecular weight excluding hydrogens is 390 g/mol. The largest absolute Gasteiger partial charge is 0.497 e. The summed E-state index contributed by atoms with van der Waals surface area (Å²) < 4.78 is 7.01. The van der Waals surface area contributed by atoms with Crippen LogP contribution >= 0.6 is 11.6 Å². The Hall–Kier alpha value is -3.19. The van der Waals surface area contributed by atoms with Crippen molar-refractivity contribution in [1.29, 1.82) is 0 Å². The lowest BCUT2D eigenvalue weighted by Gasteiger charge is -2.34. The van der Waals surface area contributed by atoms with E-state index in [1.807, 2.05) is 48.5 Å². The highest BCUT2D eigenvalue weighted by molar-refractivity contribution is 6.30. The standard InChI is InChI=1S/C21H18ClN5O2/c1-29-16-4-2-3-13(9-16)14-10-17-19(18(28)11-14)20(12-5-7-15(22)8-6-12)27-21(23-17)24-25-26-27/h2-9,14,20H,10-11H2,1H3,(H,23,24,26)/t14-,20+/m1/s1. The number of ketones is 1. The minimum absolute atomic E-state index is 0.0668.